The Labute approximate surface area is 136 Å². The van der Waals surface area contributed by atoms with Crippen LogP contribution in [0, 0.1) is 6.92 Å². The number of anilines is 1. The number of nitrogens with zero attached hydrogens (tertiary/aromatic N) is 1. The number of rotatable bonds is 4. The Balaban J connectivity index is 1.73. The number of hydrogen-bond acceptors (Lipinski definition) is 3. The van der Waals surface area contributed by atoms with Gasteiger partial charge in [-0.2, -0.15) is 0 Å². The molecule has 0 aliphatic carbocycles. The Morgan fingerprint density at radius 2 is 2.04 bits per heavy atom. The lowest BCUT2D eigenvalue weighted by molar-refractivity contribution is -0.120. The van der Waals surface area contributed by atoms with Crippen LogP contribution in [-0.2, 0) is 11.2 Å². The Hall–Kier alpha value is -2.49. The van der Waals surface area contributed by atoms with Crippen LogP contribution in [0.3, 0.4) is 0 Å². The number of amides is 1. The molecule has 0 fully saturated rings. The Morgan fingerprint density at radius 3 is 2.83 bits per heavy atom. The fraction of sp³-hybridized carbons (Fsp3) is 0.316. The van der Waals surface area contributed by atoms with Gasteiger partial charge in [0.25, 0.3) is 5.91 Å². The third-order valence-corrected chi connectivity index (χ3v) is 4.15. The van der Waals surface area contributed by atoms with Gasteiger partial charge in [-0.3, -0.25) is 4.79 Å². The number of hydrogen-bond donors (Lipinski definition) is 0. The summed E-state index contributed by atoms with van der Waals surface area (Å²) in [6.45, 7) is 2.76. The molecule has 1 amide bonds. The lowest BCUT2D eigenvalue weighted by Gasteiger charge is -2.29. The molecule has 0 atom stereocenters. The summed E-state index contributed by atoms with van der Waals surface area (Å²) < 4.78 is 11.0. The average molecular weight is 311 g/mol. The van der Waals surface area contributed by atoms with E-state index in [0.29, 0.717) is 0 Å². The maximum Gasteiger partial charge on any atom is 0.264 e. The van der Waals surface area contributed by atoms with E-state index in [4.69, 9.17) is 9.47 Å². The van der Waals surface area contributed by atoms with Gasteiger partial charge >= 0.3 is 0 Å². The molecule has 1 heterocycles. The molecule has 4 heteroatoms. The van der Waals surface area contributed by atoms with E-state index in [1.54, 1.807) is 7.11 Å². The molecule has 0 saturated heterocycles. The molecule has 0 radical (unpaired) electrons. The summed E-state index contributed by atoms with van der Waals surface area (Å²) in [5.41, 5.74) is 3.15. The van der Waals surface area contributed by atoms with Gasteiger partial charge in [0, 0.05) is 12.2 Å². The van der Waals surface area contributed by atoms with Gasteiger partial charge in [-0.25, -0.2) is 0 Å². The van der Waals surface area contributed by atoms with Crippen LogP contribution in [0.25, 0.3) is 0 Å². The highest BCUT2D eigenvalue weighted by Crippen LogP contribution is 2.30. The number of carbonyl (C=O) groups is 1. The molecule has 3 rings (SSSR count). The Kier molecular flexibility index (Phi) is 4.51. The molecular formula is C19H21NO3. The van der Waals surface area contributed by atoms with E-state index < -0.39 is 0 Å². The third kappa shape index (κ3) is 3.31. The number of methoxy groups -OCH3 is 1. The largest absolute Gasteiger partial charge is 0.497 e. The van der Waals surface area contributed by atoms with E-state index >= 15 is 0 Å². The highest BCUT2D eigenvalue weighted by atomic mass is 16.5. The van der Waals surface area contributed by atoms with Crippen LogP contribution in [0.2, 0.25) is 0 Å². The van der Waals surface area contributed by atoms with Crippen molar-refractivity contribution in [2.24, 2.45) is 0 Å². The van der Waals surface area contributed by atoms with Gasteiger partial charge < -0.3 is 14.4 Å². The first kappa shape index (κ1) is 15.4. The predicted molar refractivity (Wildman–Crippen MR) is 90.3 cm³/mol. The molecule has 0 unspecified atom stereocenters. The van der Waals surface area contributed by atoms with Crippen LogP contribution in [0.1, 0.15) is 17.5 Å². The molecule has 0 N–H and O–H groups in total. The zero-order valence-electron chi connectivity index (χ0n) is 13.5. The second-order valence-corrected chi connectivity index (χ2v) is 5.70. The van der Waals surface area contributed by atoms with Gasteiger partial charge in [-0.05, 0) is 55.2 Å². The van der Waals surface area contributed by atoms with E-state index in [1.807, 2.05) is 54.3 Å². The van der Waals surface area contributed by atoms with Gasteiger partial charge in [0.2, 0.25) is 0 Å². The topological polar surface area (TPSA) is 38.8 Å². The number of fused-ring (bicyclic) bond motifs is 1. The summed E-state index contributed by atoms with van der Waals surface area (Å²) in [4.78, 5) is 14.4. The molecule has 1 aliphatic heterocycles. The predicted octanol–water partition coefficient (Wildman–Crippen LogP) is 3.36. The molecule has 0 spiro atoms. The molecule has 23 heavy (non-hydrogen) atoms. The minimum atomic E-state index is -0.0145. The average Bonchev–Trinajstić information content (AvgIpc) is 2.59. The monoisotopic (exact) mass is 311 g/mol. The fourth-order valence-electron chi connectivity index (χ4n) is 2.90. The van der Waals surface area contributed by atoms with Crippen molar-refractivity contribution in [2.75, 3.05) is 25.2 Å². The van der Waals surface area contributed by atoms with Crippen LogP contribution in [0.15, 0.2) is 42.5 Å². The Morgan fingerprint density at radius 1 is 1.22 bits per heavy atom. The van der Waals surface area contributed by atoms with Gasteiger partial charge in [-0.15, -0.1) is 0 Å². The number of ether oxygens (including phenoxy) is 2. The van der Waals surface area contributed by atoms with Gasteiger partial charge in [-0.1, -0.05) is 18.2 Å². The quantitative estimate of drug-likeness (QED) is 0.869. The number of carbonyl (C=O) groups excluding carboxylic acids is 1. The van der Waals surface area contributed by atoms with Crippen molar-refractivity contribution in [3.63, 3.8) is 0 Å². The van der Waals surface area contributed by atoms with Crippen LogP contribution in [0.5, 0.6) is 11.5 Å². The molecule has 0 aromatic heterocycles. The summed E-state index contributed by atoms with van der Waals surface area (Å²) in [6.07, 6.45) is 1.92. The minimum Gasteiger partial charge on any atom is -0.497 e. The highest BCUT2D eigenvalue weighted by molar-refractivity contribution is 5.95. The fourth-order valence-corrected chi connectivity index (χ4v) is 2.90. The molecule has 2 aromatic carbocycles. The smallest absolute Gasteiger partial charge is 0.264 e. The van der Waals surface area contributed by atoms with Crippen molar-refractivity contribution in [1.29, 1.82) is 0 Å². The highest BCUT2D eigenvalue weighted by Gasteiger charge is 2.23. The van der Waals surface area contributed by atoms with E-state index in [2.05, 4.69) is 0 Å². The van der Waals surface area contributed by atoms with Crippen molar-refractivity contribution >= 4 is 11.6 Å². The number of benzene rings is 2. The molecule has 0 saturated carbocycles. The van der Waals surface area contributed by atoms with Crippen LogP contribution >= 0.6 is 0 Å². The molecule has 4 nitrogen and oxygen atoms in total. The zero-order chi connectivity index (χ0) is 16.2. The first-order chi connectivity index (χ1) is 11.2. The van der Waals surface area contributed by atoms with E-state index in [1.165, 1.54) is 0 Å². The zero-order valence-corrected chi connectivity index (χ0v) is 13.5. The lowest BCUT2D eigenvalue weighted by Crippen LogP contribution is -2.38. The summed E-state index contributed by atoms with van der Waals surface area (Å²) >= 11 is 0. The first-order valence-electron chi connectivity index (χ1n) is 7.85. The van der Waals surface area contributed by atoms with Crippen molar-refractivity contribution in [1.82, 2.24) is 0 Å². The van der Waals surface area contributed by atoms with Gasteiger partial charge in [0.1, 0.15) is 11.5 Å². The van der Waals surface area contributed by atoms with Crippen molar-refractivity contribution in [3.8, 4) is 11.5 Å². The summed E-state index contributed by atoms with van der Waals surface area (Å²) in [6, 6.07) is 13.6. The van der Waals surface area contributed by atoms with Crippen LogP contribution < -0.4 is 14.4 Å². The maximum absolute atomic E-state index is 12.6. The molecule has 0 bridgehead atoms. The van der Waals surface area contributed by atoms with Crippen molar-refractivity contribution in [2.45, 2.75) is 19.8 Å². The second-order valence-electron chi connectivity index (χ2n) is 5.70. The molecule has 120 valence electrons. The normalized spacial score (nSPS) is 13.4. The maximum atomic E-state index is 12.6. The van der Waals surface area contributed by atoms with Crippen molar-refractivity contribution < 1.29 is 14.3 Å². The molecule has 2 aromatic rings. The van der Waals surface area contributed by atoms with Crippen LogP contribution in [0.4, 0.5) is 5.69 Å². The third-order valence-electron chi connectivity index (χ3n) is 4.15. The van der Waals surface area contributed by atoms with Crippen molar-refractivity contribution in [3.05, 3.63) is 53.6 Å². The van der Waals surface area contributed by atoms with E-state index in [9.17, 15) is 4.79 Å². The Bertz CT molecular complexity index is 712. The SMILES string of the molecule is COc1ccc2c(c1)CCCN2C(=O)COc1ccccc1C. The number of para-hydroxylation sites is 1. The first-order valence-corrected chi connectivity index (χ1v) is 7.85. The lowest BCUT2D eigenvalue weighted by atomic mass is 10.0. The van der Waals surface area contributed by atoms with Crippen LogP contribution in [-0.4, -0.2) is 26.2 Å². The van der Waals surface area contributed by atoms with Gasteiger partial charge in [0.05, 0.1) is 7.11 Å². The standard InChI is InChI=1S/C19H21NO3/c1-14-6-3-4-8-18(14)23-13-19(21)20-11-5-7-15-12-16(22-2)9-10-17(15)20/h3-4,6,8-10,12H,5,7,11,13H2,1-2H3. The molecule has 1 aliphatic rings. The molecular weight excluding hydrogens is 290 g/mol. The minimum absolute atomic E-state index is 0.0145. The summed E-state index contributed by atoms with van der Waals surface area (Å²) in [5, 5.41) is 0. The second kappa shape index (κ2) is 6.73. The number of aryl methyl sites for hydroxylation is 2. The summed E-state index contributed by atoms with van der Waals surface area (Å²) in [7, 11) is 1.66. The van der Waals surface area contributed by atoms with E-state index in [-0.39, 0.29) is 12.5 Å². The van der Waals surface area contributed by atoms with Gasteiger partial charge in [0.15, 0.2) is 6.61 Å². The summed E-state index contributed by atoms with van der Waals surface area (Å²) in [5.74, 6) is 1.57. The van der Waals surface area contributed by atoms with E-state index in [0.717, 1.165) is 47.7 Å².